The van der Waals surface area contributed by atoms with Gasteiger partial charge in [-0.25, -0.2) is 4.79 Å². The topological polar surface area (TPSA) is 57.4 Å². The number of fused-ring (bicyclic) bond motifs is 1. The van der Waals surface area contributed by atoms with Gasteiger partial charge in [-0.2, -0.15) is 0 Å². The second-order valence-corrected chi connectivity index (χ2v) is 7.58. The molecule has 130 valence electrons. The van der Waals surface area contributed by atoms with Crippen molar-refractivity contribution in [2.24, 2.45) is 0 Å². The fourth-order valence-electron chi connectivity index (χ4n) is 3.17. The van der Waals surface area contributed by atoms with Crippen LogP contribution in [-0.2, 0) is 11.3 Å². The minimum atomic E-state index is -0.444. The lowest BCUT2D eigenvalue weighted by Gasteiger charge is -2.32. The maximum absolute atomic E-state index is 11.8. The number of aromatic nitrogens is 1. The molecule has 2 heterocycles. The zero-order valence-corrected chi connectivity index (χ0v) is 14.8. The molecule has 0 bridgehead atoms. The number of hydrogen-bond acceptors (Lipinski definition) is 3. The zero-order valence-electron chi connectivity index (χ0n) is 14.8. The van der Waals surface area contributed by atoms with E-state index < -0.39 is 5.60 Å². The molecule has 1 amide bonds. The molecule has 0 spiro atoms. The highest BCUT2D eigenvalue weighted by atomic mass is 16.6. The number of para-hydroxylation sites is 1. The van der Waals surface area contributed by atoms with Crippen LogP contribution in [0.4, 0.5) is 4.79 Å². The summed E-state index contributed by atoms with van der Waals surface area (Å²) < 4.78 is 5.33. The van der Waals surface area contributed by atoms with E-state index in [0.717, 1.165) is 32.5 Å². The van der Waals surface area contributed by atoms with E-state index in [0.29, 0.717) is 0 Å². The van der Waals surface area contributed by atoms with Gasteiger partial charge in [-0.15, -0.1) is 0 Å². The quantitative estimate of drug-likeness (QED) is 0.903. The van der Waals surface area contributed by atoms with Gasteiger partial charge >= 0.3 is 6.09 Å². The zero-order chi connectivity index (χ0) is 17.2. The third-order valence-corrected chi connectivity index (χ3v) is 4.29. The van der Waals surface area contributed by atoms with Crippen LogP contribution >= 0.6 is 0 Å². The first-order chi connectivity index (χ1) is 11.4. The van der Waals surface area contributed by atoms with Gasteiger partial charge in [0.25, 0.3) is 0 Å². The average molecular weight is 329 g/mol. The summed E-state index contributed by atoms with van der Waals surface area (Å²) >= 11 is 0. The molecule has 0 aliphatic carbocycles. The number of carbonyl (C=O) groups is 1. The normalized spacial score (nSPS) is 17.1. The maximum atomic E-state index is 11.8. The standard InChI is InChI=1S/C19H27N3O2/c1-19(2,3)24-18(23)21-15-8-10-22(11-9-15)13-16-12-14-6-4-5-7-17(14)20-16/h4-7,12,15,20H,8-11,13H2,1-3H3,(H,21,23). The van der Waals surface area contributed by atoms with Gasteiger partial charge in [-0.05, 0) is 51.1 Å². The summed E-state index contributed by atoms with van der Waals surface area (Å²) in [6, 6.07) is 10.8. The third-order valence-electron chi connectivity index (χ3n) is 4.29. The second kappa shape index (κ2) is 6.85. The Labute approximate surface area is 143 Å². The fraction of sp³-hybridized carbons (Fsp3) is 0.526. The number of carbonyl (C=O) groups excluding carboxylic acids is 1. The minimum absolute atomic E-state index is 0.207. The predicted molar refractivity (Wildman–Crippen MR) is 96.0 cm³/mol. The van der Waals surface area contributed by atoms with Crippen LogP contribution in [0.1, 0.15) is 39.3 Å². The molecule has 1 aromatic carbocycles. The first-order valence-corrected chi connectivity index (χ1v) is 8.67. The number of H-pyrrole nitrogens is 1. The highest BCUT2D eigenvalue weighted by Crippen LogP contribution is 2.18. The Morgan fingerprint density at radius 2 is 2.00 bits per heavy atom. The lowest BCUT2D eigenvalue weighted by molar-refractivity contribution is 0.0477. The van der Waals surface area contributed by atoms with Crippen LogP contribution < -0.4 is 5.32 Å². The molecule has 1 fully saturated rings. The lowest BCUT2D eigenvalue weighted by Crippen LogP contribution is -2.45. The van der Waals surface area contributed by atoms with E-state index >= 15 is 0 Å². The van der Waals surface area contributed by atoms with Crippen molar-refractivity contribution >= 4 is 17.0 Å². The van der Waals surface area contributed by atoms with E-state index in [1.807, 2.05) is 20.8 Å². The molecule has 3 rings (SSSR count). The van der Waals surface area contributed by atoms with Gasteiger partial charge in [0.15, 0.2) is 0 Å². The Morgan fingerprint density at radius 1 is 1.29 bits per heavy atom. The van der Waals surface area contributed by atoms with Crippen molar-refractivity contribution in [2.75, 3.05) is 13.1 Å². The van der Waals surface area contributed by atoms with Crippen LogP contribution in [0.5, 0.6) is 0 Å². The maximum Gasteiger partial charge on any atom is 0.407 e. The van der Waals surface area contributed by atoms with E-state index in [-0.39, 0.29) is 12.1 Å². The second-order valence-electron chi connectivity index (χ2n) is 7.58. The first kappa shape index (κ1) is 16.8. The number of nitrogens with zero attached hydrogens (tertiary/aromatic N) is 1. The van der Waals surface area contributed by atoms with Gasteiger partial charge in [0.1, 0.15) is 5.60 Å². The number of benzene rings is 1. The number of amides is 1. The molecule has 0 unspecified atom stereocenters. The molecule has 1 aromatic heterocycles. The number of rotatable bonds is 3. The van der Waals surface area contributed by atoms with Crippen LogP contribution in [0, 0.1) is 0 Å². The summed E-state index contributed by atoms with van der Waals surface area (Å²) in [6.45, 7) is 8.54. The number of likely N-dealkylation sites (tertiary alicyclic amines) is 1. The number of nitrogens with one attached hydrogen (secondary N) is 2. The van der Waals surface area contributed by atoms with E-state index in [9.17, 15) is 4.79 Å². The summed E-state index contributed by atoms with van der Waals surface area (Å²) in [4.78, 5) is 17.8. The number of aromatic amines is 1. The number of alkyl carbamates (subject to hydrolysis) is 1. The molecule has 0 saturated carbocycles. The van der Waals surface area contributed by atoms with Gasteiger partial charge in [-0.3, -0.25) is 4.90 Å². The first-order valence-electron chi connectivity index (χ1n) is 8.67. The van der Waals surface area contributed by atoms with Crippen LogP contribution in [0.15, 0.2) is 30.3 Å². The van der Waals surface area contributed by atoms with E-state index in [4.69, 9.17) is 4.74 Å². The summed E-state index contributed by atoms with van der Waals surface area (Å²) in [5.74, 6) is 0. The van der Waals surface area contributed by atoms with Crippen molar-refractivity contribution in [3.63, 3.8) is 0 Å². The van der Waals surface area contributed by atoms with Gasteiger partial charge in [-0.1, -0.05) is 18.2 Å². The molecule has 0 atom stereocenters. The molecule has 2 aromatic rings. The molecular formula is C19H27N3O2. The Bertz CT molecular complexity index is 661. The SMILES string of the molecule is CC(C)(C)OC(=O)NC1CCN(Cc2cc3ccccc3[nH]2)CC1. The molecular weight excluding hydrogens is 302 g/mol. The van der Waals surface area contributed by atoms with Crippen molar-refractivity contribution < 1.29 is 9.53 Å². The highest BCUT2D eigenvalue weighted by Gasteiger charge is 2.23. The summed E-state index contributed by atoms with van der Waals surface area (Å²) in [7, 11) is 0. The molecule has 0 radical (unpaired) electrons. The highest BCUT2D eigenvalue weighted by molar-refractivity contribution is 5.80. The van der Waals surface area contributed by atoms with Gasteiger partial charge in [0.2, 0.25) is 0 Å². The molecule has 5 heteroatoms. The van der Waals surface area contributed by atoms with Gasteiger partial charge in [0, 0.05) is 36.9 Å². The van der Waals surface area contributed by atoms with Crippen LogP contribution in [0.25, 0.3) is 10.9 Å². The fourth-order valence-corrected chi connectivity index (χ4v) is 3.17. The van der Waals surface area contributed by atoms with Crippen LogP contribution in [-0.4, -0.2) is 40.7 Å². The van der Waals surface area contributed by atoms with E-state index in [1.54, 1.807) is 0 Å². The number of hydrogen-bond donors (Lipinski definition) is 2. The molecule has 1 aliphatic rings. The summed E-state index contributed by atoms with van der Waals surface area (Å²) in [5, 5.41) is 4.24. The Hall–Kier alpha value is -2.01. The van der Waals surface area contributed by atoms with E-state index in [1.165, 1.54) is 16.6 Å². The molecule has 24 heavy (non-hydrogen) atoms. The Kier molecular flexibility index (Phi) is 4.81. The van der Waals surface area contributed by atoms with Crippen molar-refractivity contribution in [3.05, 3.63) is 36.0 Å². The van der Waals surface area contributed by atoms with Crippen molar-refractivity contribution in [2.45, 2.75) is 51.8 Å². The van der Waals surface area contributed by atoms with E-state index in [2.05, 4.69) is 45.5 Å². The minimum Gasteiger partial charge on any atom is -0.444 e. The van der Waals surface area contributed by atoms with Gasteiger partial charge in [0.05, 0.1) is 0 Å². The van der Waals surface area contributed by atoms with Crippen molar-refractivity contribution in [1.82, 2.24) is 15.2 Å². The predicted octanol–water partition coefficient (Wildman–Crippen LogP) is 3.66. The smallest absolute Gasteiger partial charge is 0.407 e. The Morgan fingerprint density at radius 3 is 2.67 bits per heavy atom. The van der Waals surface area contributed by atoms with Crippen LogP contribution in [0.3, 0.4) is 0 Å². The number of ether oxygens (including phenoxy) is 1. The summed E-state index contributed by atoms with van der Waals surface area (Å²) in [6.07, 6.45) is 1.61. The van der Waals surface area contributed by atoms with Crippen LogP contribution in [0.2, 0.25) is 0 Å². The molecule has 2 N–H and O–H groups in total. The molecule has 1 saturated heterocycles. The monoisotopic (exact) mass is 329 g/mol. The number of piperidine rings is 1. The van der Waals surface area contributed by atoms with Gasteiger partial charge < -0.3 is 15.0 Å². The lowest BCUT2D eigenvalue weighted by atomic mass is 10.1. The summed E-state index contributed by atoms with van der Waals surface area (Å²) in [5.41, 5.74) is 1.99. The third kappa shape index (κ3) is 4.51. The molecule has 1 aliphatic heterocycles. The van der Waals surface area contributed by atoms with Crippen molar-refractivity contribution in [1.29, 1.82) is 0 Å². The largest absolute Gasteiger partial charge is 0.444 e. The Balaban J connectivity index is 1.47. The molecule has 5 nitrogen and oxygen atoms in total. The average Bonchev–Trinajstić information content (AvgIpc) is 2.89. The van der Waals surface area contributed by atoms with Crippen molar-refractivity contribution in [3.8, 4) is 0 Å².